The van der Waals surface area contributed by atoms with Crippen LogP contribution in [-0.4, -0.2) is 18.7 Å². The molecule has 26 heavy (non-hydrogen) atoms. The molecule has 1 unspecified atom stereocenters. The zero-order valence-electron chi connectivity index (χ0n) is 15.1. The third kappa shape index (κ3) is 7.99. The summed E-state index contributed by atoms with van der Waals surface area (Å²) in [6.45, 7) is 5.39. The van der Waals surface area contributed by atoms with Gasteiger partial charge in [-0.3, -0.25) is 0 Å². The third-order valence-corrected chi connectivity index (χ3v) is 3.97. The van der Waals surface area contributed by atoms with Crippen LogP contribution in [0.4, 0.5) is 4.79 Å². The summed E-state index contributed by atoms with van der Waals surface area (Å²) in [5.41, 5.74) is 2.15. The summed E-state index contributed by atoms with van der Waals surface area (Å²) in [5.74, 6) is 0. The van der Waals surface area contributed by atoms with Gasteiger partial charge in [-0.1, -0.05) is 66.7 Å². The summed E-state index contributed by atoms with van der Waals surface area (Å²) in [5, 5.41) is 2.83. The van der Waals surface area contributed by atoms with Crippen molar-refractivity contribution in [2.45, 2.75) is 38.5 Å². The van der Waals surface area contributed by atoms with Gasteiger partial charge in [0.05, 0.1) is 12.6 Å². The smallest absolute Gasteiger partial charge is 0.407 e. The average Bonchev–Trinajstić information content (AvgIpc) is 2.69. The molecule has 1 amide bonds. The number of rotatable bonds is 11. The van der Waals surface area contributed by atoms with Gasteiger partial charge in [-0.25, -0.2) is 4.79 Å². The molecule has 4 heteroatoms. The molecule has 0 saturated carbocycles. The molecule has 0 fully saturated rings. The Morgan fingerprint density at radius 1 is 0.962 bits per heavy atom. The number of nitrogens with one attached hydrogen (secondary N) is 1. The van der Waals surface area contributed by atoms with Gasteiger partial charge in [0.25, 0.3) is 0 Å². The summed E-state index contributed by atoms with van der Waals surface area (Å²) < 4.78 is 10.9. The van der Waals surface area contributed by atoms with Crippen LogP contribution in [0.5, 0.6) is 0 Å². The lowest BCUT2D eigenvalue weighted by atomic mass is 10.1. The number of alkyl carbamates (subject to hydrolysis) is 1. The van der Waals surface area contributed by atoms with Crippen molar-refractivity contribution in [3.63, 3.8) is 0 Å². The average molecular weight is 353 g/mol. The molecule has 0 aliphatic carbocycles. The summed E-state index contributed by atoms with van der Waals surface area (Å²) >= 11 is 0. The van der Waals surface area contributed by atoms with E-state index in [2.05, 4.69) is 24.0 Å². The summed E-state index contributed by atoms with van der Waals surface area (Å²) in [7, 11) is 0. The Bertz CT molecular complexity index is 643. The molecular weight excluding hydrogens is 326 g/mol. The second kappa shape index (κ2) is 11.9. The molecule has 4 nitrogen and oxygen atoms in total. The minimum atomic E-state index is -0.418. The molecule has 0 saturated heterocycles. The van der Waals surface area contributed by atoms with Crippen molar-refractivity contribution in [1.29, 1.82) is 0 Å². The van der Waals surface area contributed by atoms with Crippen LogP contribution >= 0.6 is 0 Å². The number of amides is 1. The van der Waals surface area contributed by atoms with Gasteiger partial charge in [-0.2, -0.15) is 0 Å². The van der Waals surface area contributed by atoms with Crippen LogP contribution in [0.1, 0.15) is 30.4 Å². The molecule has 0 radical (unpaired) electrons. The predicted molar refractivity (Wildman–Crippen MR) is 104 cm³/mol. The number of carbonyl (C=O) groups is 1. The highest BCUT2D eigenvalue weighted by atomic mass is 16.5. The normalized spacial score (nSPS) is 11.5. The summed E-state index contributed by atoms with van der Waals surface area (Å²) in [6, 6.07) is 19.7. The van der Waals surface area contributed by atoms with E-state index in [9.17, 15) is 4.79 Å². The van der Waals surface area contributed by atoms with Crippen LogP contribution in [0.2, 0.25) is 0 Å². The van der Waals surface area contributed by atoms with Crippen molar-refractivity contribution in [2.24, 2.45) is 0 Å². The Balaban J connectivity index is 1.55. The molecule has 2 aromatic rings. The summed E-state index contributed by atoms with van der Waals surface area (Å²) in [6.07, 6.45) is 4.04. The molecule has 1 atom stereocenters. The van der Waals surface area contributed by atoms with Crippen LogP contribution in [-0.2, 0) is 22.7 Å². The SMILES string of the molecule is C=CC(CCCCOCc1ccccc1)NC(=O)OCc1ccccc1. The van der Waals surface area contributed by atoms with Gasteiger partial charge >= 0.3 is 6.09 Å². The number of hydrogen-bond acceptors (Lipinski definition) is 3. The zero-order valence-corrected chi connectivity index (χ0v) is 15.1. The van der Waals surface area contributed by atoms with Crippen molar-refractivity contribution in [2.75, 3.05) is 6.61 Å². The monoisotopic (exact) mass is 353 g/mol. The second-order valence-corrected chi connectivity index (χ2v) is 6.08. The Hall–Kier alpha value is -2.59. The molecule has 0 heterocycles. The first-order valence-electron chi connectivity index (χ1n) is 8.99. The Labute approximate surface area is 155 Å². The van der Waals surface area contributed by atoms with E-state index in [0.717, 1.165) is 24.8 Å². The first-order valence-corrected chi connectivity index (χ1v) is 8.99. The van der Waals surface area contributed by atoms with Crippen LogP contribution in [0, 0.1) is 0 Å². The molecule has 2 aromatic carbocycles. The fourth-order valence-corrected chi connectivity index (χ4v) is 2.50. The van der Waals surface area contributed by atoms with Crippen LogP contribution in [0.25, 0.3) is 0 Å². The van der Waals surface area contributed by atoms with Gasteiger partial charge in [-0.15, -0.1) is 6.58 Å². The maximum absolute atomic E-state index is 11.9. The second-order valence-electron chi connectivity index (χ2n) is 6.08. The fraction of sp³-hybridized carbons (Fsp3) is 0.318. The number of carbonyl (C=O) groups excluding carboxylic acids is 1. The number of benzene rings is 2. The van der Waals surface area contributed by atoms with Crippen LogP contribution in [0.15, 0.2) is 73.3 Å². The molecule has 0 spiro atoms. The fourth-order valence-electron chi connectivity index (χ4n) is 2.50. The maximum Gasteiger partial charge on any atom is 0.407 e. The highest BCUT2D eigenvalue weighted by molar-refractivity contribution is 5.67. The van der Waals surface area contributed by atoms with Gasteiger partial charge in [0.1, 0.15) is 6.61 Å². The largest absolute Gasteiger partial charge is 0.445 e. The van der Waals surface area contributed by atoms with E-state index in [1.807, 2.05) is 48.5 Å². The van der Waals surface area contributed by atoms with E-state index in [1.165, 1.54) is 5.56 Å². The molecule has 0 aromatic heterocycles. The Morgan fingerprint density at radius 3 is 2.19 bits per heavy atom. The molecular formula is C22H27NO3. The first-order chi connectivity index (χ1) is 12.8. The minimum Gasteiger partial charge on any atom is -0.445 e. The van der Waals surface area contributed by atoms with E-state index in [-0.39, 0.29) is 12.6 Å². The van der Waals surface area contributed by atoms with Crippen molar-refractivity contribution in [1.82, 2.24) is 5.32 Å². The standard InChI is InChI=1S/C22H27NO3/c1-2-21(23-22(24)26-18-20-13-7-4-8-14-20)15-9-10-16-25-17-19-11-5-3-6-12-19/h2-8,11-14,21H,1,9-10,15-18H2,(H,23,24). The van der Waals surface area contributed by atoms with Gasteiger partial charge in [-0.05, 0) is 30.4 Å². The lowest BCUT2D eigenvalue weighted by Crippen LogP contribution is -2.33. The minimum absolute atomic E-state index is 0.0904. The summed E-state index contributed by atoms with van der Waals surface area (Å²) in [4.78, 5) is 11.9. The van der Waals surface area contributed by atoms with E-state index in [1.54, 1.807) is 6.08 Å². The molecule has 0 bridgehead atoms. The molecule has 0 aliphatic heterocycles. The van der Waals surface area contributed by atoms with Crippen LogP contribution in [0.3, 0.4) is 0 Å². The lowest BCUT2D eigenvalue weighted by Gasteiger charge is -2.15. The van der Waals surface area contributed by atoms with Crippen molar-refractivity contribution < 1.29 is 14.3 Å². The first kappa shape index (κ1) is 19.7. The quantitative estimate of drug-likeness (QED) is 0.464. The van der Waals surface area contributed by atoms with Gasteiger partial charge in [0.2, 0.25) is 0 Å². The van der Waals surface area contributed by atoms with E-state index in [4.69, 9.17) is 9.47 Å². The van der Waals surface area contributed by atoms with Crippen molar-refractivity contribution in [3.05, 3.63) is 84.4 Å². The lowest BCUT2D eigenvalue weighted by molar-refractivity contribution is 0.116. The maximum atomic E-state index is 11.9. The predicted octanol–water partition coefficient (Wildman–Crippen LogP) is 4.85. The van der Waals surface area contributed by atoms with Gasteiger partial charge in [0.15, 0.2) is 0 Å². The van der Waals surface area contributed by atoms with Crippen LogP contribution < -0.4 is 5.32 Å². The third-order valence-electron chi connectivity index (χ3n) is 3.97. The van der Waals surface area contributed by atoms with E-state index in [0.29, 0.717) is 13.2 Å². The van der Waals surface area contributed by atoms with E-state index >= 15 is 0 Å². The highest BCUT2D eigenvalue weighted by Gasteiger charge is 2.09. The van der Waals surface area contributed by atoms with Crippen molar-refractivity contribution >= 4 is 6.09 Å². The van der Waals surface area contributed by atoms with E-state index < -0.39 is 6.09 Å². The topological polar surface area (TPSA) is 47.6 Å². The Kier molecular flexibility index (Phi) is 9.01. The number of ether oxygens (including phenoxy) is 2. The number of hydrogen-bond donors (Lipinski definition) is 1. The van der Waals surface area contributed by atoms with Gasteiger partial charge < -0.3 is 14.8 Å². The molecule has 0 aliphatic rings. The zero-order chi connectivity index (χ0) is 18.5. The molecule has 2 rings (SSSR count). The highest BCUT2D eigenvalue weighted by Crippen LogP contribution is 2.06. The number of unbranched alkanes of at least 4 members (excludes halogenated alkanes) is 1. The molecule has 138 valence electrons. The van der Waals surface area contributed by atoms with Crippen molar-refractivity contribution in [3.8, 4) is 0 Å². The molecule has 1 N–H and O–H groups in total. The Morgan fingerprint density at radius 2 is 1.58 bits per heavy atom. The van der Waals surface area contributed by atoms with Gasteiger partial charge in [0, 0.05) is 6.61 Å².